The second-order valence-corrected chi connectivity index (χ2v) is 7.51. The summed E-state index contributed by atoms with van der Waals surface area (Å²) in [5.74, 6) is 0.778. The molecule has 2 aromatic heterocycles. The smallest absolute Gasteiger partial charge is 0.276 e. The van der Waals surface area contributed by atoms with Crippen LogP contribution in [-0.2, 0) is 4.74 Å². The van der Waals surface area contributed by atoms with Crippen molar-refractivity contribution in [3.63, 3.8) is 0 Å². The molecule has 0 bridgehead atoms. The van der Waals surface area contributed by atoms with Crippen molar-refractivity contribution in [3.8, 4) is 5.69 Å². The van der Waals surface area contributed by atoms with E-state index in [1.165, 1.54) is 11.0 Å². The fourth-order valence-corrected chi connectivity index (χ4v) is 3.84. The number of carbonyl (C=O) groups is 1. The fourth-order valence-electron chi connectivity index (χ4n) is 3.84. The number of aromatic nitrogens is 5. The lowest BCUT2D eigenvalue weighted by atomic mass is 10.2. The van der Waals surface area contributed by atoms with Gasteiger partial charge in [0, 0.05) is 45.3 Å². The first kappa shape index (κ1) is 19.4. The number of anilines is 2. The number of carbonyl (C=O) groups excluding carboxylic acids is 1. The van der Waals surface area contributed by atoms with E-state index in [9.17, 15) is 4.79 Å². The molecule has 2 aliphatic rings. The van der Waals surface area contributed by atoms with Crippen molar-refractivity contribution in [1.29, 1.82) is 0 Å². The highest BCUT2D eigenvalue weighted by Crippen LogP contribution is 2.21. The third-order valence-electron chi connectivity index (χ3n) is 5.59. The quantitative estimate of drug-likeness (QED) is 0.614. The van der Waals surface area contributed by atoms with E-state index in [0.717, 1.165) is 43.4 Å². The normalized spacial score (nSPS) is 17.1. The number of ether oxygens (including phenoxy) is 1. The first-order chi connectivity index (χ1) is 15.3. The molecule has 160 valence electrons. The van der Waals surface area contributed by atoms with Crippen LogP contribution in [0.25, 0.3) is 5.69 Å². The summed E-state index contributed by atoms with van der Waals surface area (Å²) in [5.41, 5.74) is 2.21. The Labute approximate surface area is 180 Å². The molecule has 2 aliphatic heterocycles. The van der Waals surface area contributed by atoms with E-state index in [1.807, 2.05) is 35.2 Å². The van der Waals surface area contributed by atoms with Crippen LogP contribution in [0.2, 0.25) is 0 Å². The highest BCUT2D eigenvalue weighted by molar-refractivity contribution is 5.92. The number of benzene rings is 1. The number of hydrogen-bond acceptors (Lipinski definition) is 8. The Morgan fingerprint density at radius 1 is 0.871 bits per heavy atom. The van der Waals surface area contributed by atoms with E-state index in [4.69, 9.17) is 4.74 Å². The minimum atomic E-state index is -0.0938. The van der Waals surface area contributed by atoms with Crippen LogP contribution in [0.1, 0.15) is 10.5 Å². The van der Waals surface area contributed by atoms with Gasteiger partial charge in [0.1, 0.15) is 0 Å². The van der Waals surface area contributed by atoms with E-state index in [2.05, 4.69) is 36.3 Å². The Morgan fingerprint density at radius 3 is 2.42 bits per heavy atom. The molecule has 0 aliphatic carbocycles. The molecule has 0 saturated carbocycles. The van der Waals surface area contributed by atoms with E-state index in [-0.39, 0.29) is 5.91 Å². The zero-order valence-electron chi connectivity index (χ0n) is 17.2. The summed E-state index contributed by atoms with van der Waals surface area (Å²) < 4.78 is 5.42. The number of amides is 1. The summed E-state index contributed by atoms with van der Waals surface area (Å²) in [6, 6.07) is 11.6. The number of morpholine rings is 1. The predicted molar refractivity (Wildman–Crippen MR) is 115 cm³/mol. The number of nitrogens with zero attached hydrogens (tertiary/aromatic N) is 8. The minimum Gasteiger partial charge on any atom is -0.378 e. The summed E-state index contributed by atoms with van der Waals surface area (Å²) in [5, 5.41) is 17.1. The molecule has 0 atom stereocenters. The van der Waals surface area contributed by atoms with Gasteiger partial charge in [-0.3, -0.25) is 4.79 Å². The van der Waals surface area contributed by atoms with Crippen LogP contribution in [0.4, 0.5) is 11.5 Å². The van der Waals surface area contributed by atoms with Gasteiger partial charge in [-0.1, -0.05) is 18.2 Å². The molecule has 0 spiro atoms. The van der Waals surface area contributed by atoms with Crippen molar-refractivity contribution in [2.24, 2.45) is 0 Å². The summed E-state index contributed by atoms with van der Waals surface area (Å²) in [6.07, 6.45) is 3.32. The first-order valence-electron chi connectivity index (χ1n) is 10.5. The number of para-hydroxylation sites is 1. The topological polar surface area (TPSA) is 92.5 Å². The fraction of sp³-hybridized carbons (Fsp3) is 0.381. The molecule has 10 nitrogen and oxygen atoms in total. The minimum absolute atomic E-state index is 0.0938. The Bertz CT molecular complexity index is 1030. The Hall–Kier alpha value is -3.53. The second-order valence-electron chi connectivity index (χ2n) is 7.51. The van der Waals surface area contributed by atoms with Gasteiger partial charge in [0.05, 0.1) is 37.0 Å². The highest BCUT2D eigenvalue weighted by Gasteiger charge is 2.25. The zero-order chi connectivity index (χ0) is 21.0. The Balaban J connectivity index is 1.22. The molecular weight excluding hydrogens is 396 g/mol. The number of piperazine rings is 1. The van der Waals surface area contributed by atoms with Crippen LogP contribution in [0, 0.1) is 0 Å². The third kappa shape index (κ3) is 4.19. The van der Waals surface area contributed by atoms with Crippen LogP contribution in [0.5, 0.6) is 0 Å². The molecule has 31 heavy (non-hydrogen) atoms. The van der Waals surface area contributed by atoms with Crippen LogP contribution in [-0.4, -0.2) is 88.5 Å². The average molecular weight is 420 g/mol. The average Bonchev–Trinajstić information content (AvgIpc) is 3.35. The molecule has 0 unspecified atom stereocenters. The summed E-state index contributed by atoms with van der Waals surface area (Å²) in [7, 11) is 0. The molecule has 4 heterocycles. The van der Waals surface area contributed by atoms with Gasteiger partial charge in [-0.15, -0.1) is 10.2 Å². The highest BCUT2D eigenvalue weighted by atomic mass is 16.5. The van der Waals surface area contributed by atoms with E-state index in [0.29, 0.717) is 32.0 Å². The molecule has 0 radical (unpaired) electrons. The van der Waals surface area contributed by atoms with Crippen LogP contribution >= 0.6 is 0 Å². The Morgan fingerprint density at radius 2 is 1.65 bits per heavy atom. The van der Waals surface area contributed by atoms with Gasteiger partial charge in [0.2, 0.25) is 0 Å². The molecule has 2 saturated heterocycles. The lowest BCUT2D eigenvalue weighted by Gasteiger charge is -2.36. The lowest BCUT2D eigenvalue weighted by molar-refractivity contribution is 0.0740. The van der Waals surface area contributed by atoms with Gasteiger partial charge in [-0.2, -0.15) is 15.0 Å². The SMILES string of the molecule is O=C(c1cnn(-c2ccccc2)n1)N1CCN(c2cnnc(N3CCOCC3)c2)CC1. The summed E-state index contributed by atoms with van der Waals surface area (Å²) in [4.78, 5) is 20.6. The molecule has 1 aromatic carbocycles. The molecular formula is C21H24N8O2. The molecule has 1 amide bonds. The van der Waals surface area contributed by atoms with Gasteiger partial charge in [0.25, 0.3) is 5.91 Å². The summed E-state index contributed by atoms with van der Waals surface area (Å²) >= 11 is 0. The first-order valence-corrected chi connectivity index (χ1v) is 10.5. The van der Waals surface area contributed by atoms with E-state index < -0.39 is 0 Å². The monoisotopic (exact) mass is 420 g/mol. The van der Waals surface area contributed by atoms with Gasteiger partial charge < -0.3 is 19.4 Å². The van der Waals surface area contributed by atoms with Crippen molar-refractivity contribution < 1.29 is 9.53 Å². The van der Waals surface area contributed by atoms with Crippen molar-refractivity contribution >= 4 is 17.4 Å². The predicted octanol–water partition coefficient (Wildman–Crippen LogP) is 0.856. The molecule has 0 N–H and O–H groups in total. The standard InChI is InChI=1S/C21H24N8O2/c30-21(19-16-23-29(25-19)17-4-2-1-3-5-17)28-8-6-26(7-9-28)18-14-20(24-22-15-18)27-10-12-31-13-11-27/h1-5,14-16H,6-13H2. The molecule has 3 aromatic rings. The van der Waals surface area contributed by atoms with Crippen LogP contribution < -0.4 is 9.80 Å². The third-order valence-corrected chi connectivity index (χ3v) is 5.59. The maximum absolute atomic E-state index is 12.9. The van der Waals surface area contributed by atoms with Crippen molar-refractivity contribution in [3.05, 3.63) is 54.5 Å². The maximum Gasteiger partial charge on any atom is 0.276 e. The van der Waals surface area contributed by atoms with E-state index in [1.54, 1.807) is 6.20 Å². The van der Waals surface area contributed by atoms with Gasteiger partial charge >= 0.3 is 0 Å². The van der Waals surface area contributed by atoms with Crippen molar-refractivity contribution in [1.82, 2.24) is 30.1 Å². The van der Waals surface area contributed by atoms with E-state index >= 15 is 0 Å². The number of rotatable bonds is 4. The van der Waals surface area contributed by atoms with Crippen LogP contribution in [0.3, 0.4) is 0 Å². The van der Waals surface area contributed by atoms with Gasteiger partial charge in [0.15, 0.2) is 11.5 Å². The largest absolute Gasteiger partial charge is 0.378 e. The number of hydrogen-bond donors (Lipinski definition) is 0. The molecule has 2 fully saturated rings. The zero-order valence-corrected chi connectivity index (χ0v) is 17.2. The van der Waals surface area contributed by atoms with Gasteiger partial charge in [-0.05, 0) is 12.1 Å². The Kier molecular flexibility index (Phi) is 5.44. The second kappa shape index (κ2) is 8.68. The molecule has 5 rings (SSSR count). The summed E-state index contributed by atoms with van der Waals surface area (Å²) in [6.45, 7) is 5.76. The molecule has 10 heteroatoms. The van der Waals surface area contributed by atoms with Crippen molar-refractivity contribution in [2.45, 2.75) is 0 Å². The lowest BCUT2D eigenvalue weighted by Crippen LogP contribution is -2.49. The van der Waals surface area contributed by atoms with Crippen molar-refractivity contribution in [2.75, 3.05) is 62.3 Å². The maximum atomic E-state index is 12.9. The van der Waals surface area contributed by atoms with Crippen LogP contribution in [0.15, 0.2) is 48.8 Å². The van der Waals surface area contributed by atoms with Gasteiger partial charge in [-0.25, -0.2) is 0 Å².